The lowest BCUT2D eigenvalue weighted by molar-refractivity contribution is -0.122. The van der Waals surface area contributed by atoms with Gasteiger partial charge in [-0.05, 0) is 13.8 Å². The fourth-order valence-electron chi connectivity index (χ4n) is 1.31. The lowest BCUT2D eigenvalue weighted by Crippen LogP contribution is -2.33. The molecule has 9 heteroatoms. The number of amides is 1. The van der Waals surface area contributed by atoms with Crippen LogP contribution < -0.4 is 5.32 Å². The van der Waals surface area contributed by atoms with Gasteiger partial charge in [0.15, 0.2) is 5.69 Å². The van der Waals surface area contributed by atoms with Gasteiger partial charge in [-0.3, -0.25) is 4.79 Å². The summed E-state index contributed by atoms with van der Waals surface area (Å²) in [6, 6.07) is -0.157. The number of rotatable bonds is 5. The lowest BCUT2D eigenvalue weighted by Gasteiger charge is -2.09. The smallest absolute Gasteiger partial charge is 0.358 e. The molecule has 0 fully saturated rings. The number of carbonyl (C=O) groups excluding carboxylic acids is 1. The molecule has 1 aromatic rings. The van der Waals surface area contributed by atoms with E-state index >= 15 is 0 Å². The van der Waals surface area contributed by atoms with Gasteiger partial charge in [-0.2, -0.15) is 0 Å². The minimum atomic E-state index is -3.07. The van der Waals surface area contributed by atoms with Gasteiger partial charge in [0, 0.05) is 6.04 Å². The molecule has 0 aliphatic heterocycles. The van der Waals surface area contributed by atoms with Crippen molar-refractivity contribution in [3.8, 4) is 0 Å². The minimum Gasteiger partial charge on any atom is -0.476 e. The van der Waals surface area contributed by atoms with Gasteiger partial charge in [0.25, 0.3) is 6.43 Å². The number of nitrogens with one attached hydrogen (secondary N) is 1. The van der Waals surface area contributed by atoms with E-state index in [0.717, 1.165) is 0 Å². The summed E-state index contributed by atoms with van der Waals surface area (Å²) in [5, 5.41) is 17.5. The Bertz CT molecular complexity index is 459. The number of carboxylic acid groups (broad SMARTS) is 1. The number of carboxylic acids is 1. The van der Waals surface area contributed by atoms with Gasteiger partial charge in [0.05, 0.1) is 0 Å². The molecule has 0 aliphatic rings. The number of aromatic carboxylic acids is 1. The van der Waals surface area contributed by atoms with Gasteiger partial charge < -0.3 is 10.4 Å². The minimum absolute atomic E-state index is 0.157. The van der Waals surface area contributed by atoms with Gasteiger partial charge in [0.2, 0.25) is 5.91 Å². The van der Waals surface area contributed by atoms with E-state index in [9.17, 15) is 18.4 Å². The molecule has 0 unspecified atom stereocenters. The summed E-state index contributed by atoms with van der Waals surface area (Å²) < 4.78 is 26.0. The number of halogens is 2. The van der Waals surface area contributed by atoms with Crippen molar-refractivity contribution in [1.29, 1.82) is 0 Å². The highest BCUT2D eigenvalue weighted by molar-refractivity contribution is 5.86. The predicted octanol–water partition coefficient (Wildman–Crippen LogP) is 0.438. The molecule has 18 heavy (non-hydrogen) atoms. The van der Waals surface area contributed by atoms with Crippen LogP contribution in [0.4, 0.5) is 8.78 Å². The number of hydrogen-bond donors (Lipinski definition) is 2. The van der Waals surface area contributed by atoms with Crippen molar-refractivity contribution < 1.29 is 23.5 Å². The third-order valence-corrected chi connectivity index (χ3v) is 1.93. The normalized spacial score (nSPS) is 11.0. The molecule has 0 saturated heterocycles. The first kappa shape index (κ1) is 14.0. The highest BCUT2D eigenvalue weighted by atomic mass is 19.3. The van der Waals surface area contributed by atoms with Crippen molar-refractivity contribution >= 4 is 11.9 Å². The highest BCUT2D eigenvalue weighted by Crippen LogP contribution is 2.21. The highest BCUT2D eigenvalue weighted by Gasteiger charge is 2.27. The Kier molecular flexibility index (Phi) is 4.29. The monoisotopic (exact) mass is 262 g/mol. The molecule has 100 valence electrons. The van der Waals surface area contributed by atoms with Crippen LogP contribution in [-0.4, -0.2) is 38.0 Å². The molecule has 1 amide bonds. The van der Waals surface area contributed by atoms with E-state index in [4.69, 9.17) is 5.11 Å². The lowest BCUT2D eigenvalue weighted by atomic mass is 10.3. The zero-order valence-corrected chi connectivity index (χ0v) is 9.72. The maximum Gasteiger partial charge on any atom is 0.358 e. The Balaban J connectivity index is 2.96. The summed E-state index contributed by atoms with van der Waals surface area (Å²) >= 11 is 0. The van der Waals surface area contributed by atoms with Crippen LogP contribution in [0.3, 0.4) is 0 Å². The zero-order valence-electron chi connectivity index (χ0n) is 9.72. The standard InChI is InChI=1S/C9H12F2N4O3/c1-4(2)12-5(16)3-15-7(8(10)11)6(9(17)18)13-14-15/h4,8H,3H2,1-2H3,(H,12,16)(H,17,18). The topological polar surface area (TPSA) is 97.1 Å². The van der Waals surface area contributed by atoms with E-state index < -0.39 is 36.2 Å². The van der Waals surface area contributed by atoms with Gasteiger partial charge >= 0.3 is 5.97 Å². The SMILES string of the molecule is CC(C)NC(=O)Cn1nnc(C(=O)O)c1C(F)F. The van der Waals surface area contributed by atoms with E-state index in [1.54, 1.807) is 13.8 Å². The Hall–Kier alpha value is -2.06. The predicted molar refractivity (Wildman–Crippen MR) is 55.2 cm³/mol. The van der Waals surface area contributed by atoms with Crippen molar-refractivity contribution in [3.63, 3.8) is 0 Å². The first-order chi connectivity index (χ1) is 8.32. The summed E-state index contributed by atoms with van der Waals surface area (Å²) in [6.45, 7) is 2.91. The van der Waals surface area contributed by atoms with E-state index in [1.807, 2.05) is 0 Å². The van der Waals surface area contributed by atoms with Gasteiger partial charge in [0.1, 0.15) is 12.2 Å². The van der Waals surface area contributed by atoms with E-state index in [2.05, 4.69) is 15.6 Å². The third-order valence-electron chi connectivity index (χ3n) is 1.93. The molecule has 0 saturated carbocycles. The van der Waals surface area contributed by atoms with E-state index in [-0.39, 0.29) is 6.04 Å². The maximum absolute atomic E-state index is 12.7. The number of hydrogen-bond acceptors (Lipinski definition) is 4. The molecule has 1 rings (SSSR count). The van der Waals surface area contributed by atoms with Gasteiger partial charge in [-0.1, -0.05) is 5.21 Å². The fourth-order valence-corrected chi connectivity index (χ4v) is 1.31. The second kappa shape index (κ2) is 5.52. The molecule has 0 bridgehead atoms. The first-order valence-electron chi connectivity index (χ1n) is 5.07. The Morgan fingerprint density at radius 3 is 2.50 bits per heavy atom. The average Bonchev–Trinajstić information content (AvgIpc) is 2.59. The number of carbonyl (C=O) groups is 2. The second-order valence-corrected chi connectivity index (χ2v) is 3.81. The number of alkyl halides is 2. The summed E-state index contributed by atoms with van der Waals surface area (Å²) in [5.41, 5.74) is -1.72. The summed E-state index contributed by atoms with van der Waals surface area (Å²) in [7, 11) is 0. The Morgan fingerprint density at radius 2 is 2.06 bits per heavy atom. The summed E-state index contributed by atoms with van der Waals surface area (Å²) in [4.78, 5) is 22.0. The van der Waals surface area contributed by atoms with Crippen LogP contribution >= 0.6 is 0 Å². The van der Waals surface area contributed by atoms with E-state index in [1.165, 1.54) is 0 Å². The zero-order chi connectivity index (χ0) is 13.9. The molecule has 7 nitrogen and oxygen atoms in total. The molecule has 0 spiro atoms. The molecule has 0 atom stereocenters. The Morgan fingerprint density at radius 1 is 1.44 bits per heavy atom. The Labute approximate surface area is 101 Å². The van der Waals surface area contributed by atoms with Crippen LogP contribution in [0, 0.1) is 0 Å². The second-order valence-electron chi connectivity index (χ2n) is 3.81. The van der Waals surface area contributed by atoms with Crippen LogP contribution in [-0.2, 0) is 11.3 Å². The third kappa shape index (κ3) is 3.22. The fraction of sp³-hybridized carbons (Fsp3) is 0.556. The van der Waals surface area contributed by atoms with Crippen molar-refractivity contribution in [2.24, 2.45) is 0 Å². The van der Waals surface area contributed by atoms with Gasteiger partial charge in [-0.15, -0.1) is 5.10 Å². The van der Waals surface area contributed by atoms with Crippen LogP contribution in [0.1, 0.15) is 36.5 Å². The molecular weight excluding hydrogens is 250 g/mol. The first-order valence-corrected chi connectivity index (χ1v) is 5.07. The molecular formula is C9H12F2N4O3. The molecule has 1 aromatic heterocycles. The van der Waals surface area contributed by atoms with Gasteiger partial charge in [-0.25, -0.2) is 18.3 Å². The van der Waals surface area contributed by atoms with Crippen LogP contribution in [0.25, 0.3) is 0 Å². The van der Waals surface area contributed by atoms with Crippen molar-refractivity contribution in [2.45, 2.75) is 32.9 Å². The van der Waals surface area contributed by atoms with Crippen molar-refractivity contribution in [1.82, 2.24) is 20.3 Å². The molecule has 0 aromatic carbocycles. The molecule has 1 heterocycles. The summed E-state index contributed by atoms with van der Waals surface area (Å²) in [6.07, 6.45) is -3.07. The van der Waals surface area contributed by atoms with E-state index in [0.29, 0.717) is 4.68 Å². The molecule has 2 N–H and O–H groups in total. The van der Waals surface area contributed by atoms with Crippen LogP contribution in [0.5, 0.6) is 0 Å². The largest absolute Gasteiger partial charge is 0.476 e. The summed E-state index contributed by atoms with van der Waals surface area (Å²) in [5.74, 6) is -2.16. The quantitative estimate of drug-likeness (QED) is 0.802. The van der Waals surface area contributed by atoms with Crippen molar-refractivity contribution in [2.75, 3.05) is 0 Å². The van der Waals surface area contributed by atoms with Crippen LogP contribution in [0.15, 0.2) is 0 Å². The van der Waals surface area contributed by atoms with Crippen LogP contribution in [0.2, 0.25) is 0 Å². The molecule has 0 radical (unpaired) electrons. The average molecular weight is 262 g/mol. The maximum atomic E-state index is 12.7. The van der Waals surface area contributed by atoms with Crippen molar-refractivity contribution in [3.05, 3.63) is 11.4 Å². The number of nitrogens with zero attached hydrogens (tertiary/aromatic N) is 3. The number of aromatic nitrogens is 3. The molecule has 0 aliphatic carbocycles.